The van der Waals surface area contributed by atoms with Crippen LogP contribution in [0.5, 0.6) is 5.75 Å². The number of sulfone groups is 1. The Morgan fingerprint density at radius 3 is 2.76 bits per heavy atom. The minimum Gasteiger partial charge on any atom is -0.484 e. The van der Waals surface area contributed by atoms with Crippen LogP contribution in [-0.4, -0.2) is 32.7 Å². The maximum Gasteiger partial charge on any atom is 0.339 e. The maximum atomic E-state index is 11.9. The van der Waals surface area contributed by atoms with Gasteiger partial charge in [0.05, 0.1) is 11.8 Å². The van der Waals surface area contributed by atoms with E-state index in [2.05, 4.69) is 5.32 Å². The van der Waals surface area contributed by atoms with Crippen LogP contribution in [0.15, 0.2) is 38.9 Å². The van der Waals surface area contributed by atoms with Crippen LogP contribution in [0.4, 0.5) is 0 Å². The van der Waals surface area contributed by atoms with E-state index in [4.69, 9.17) is 9.15 Å². The summed E-state index contributed by atoms with van der Waals surface area (Å²) in [5.74, 6) is -0.199. The molecule has 3 rings (SSSR count). The molecule has 7 nitrogen and oxygen atoms in total. The van der Waals surface area contributed by atoms with Gasteiger partial charge in [0.25, 0.3) is 5.91 Å². The van der Waals surface area contributed by atoms with Crippen molar-refractivity contribution in [3.05, 3.63) is 51.2 Å². The van der Waals surface area contributed by atoms with Gasteiger partial charge in [-0.3, -0.25) is 4.79 Å². The fourth-order valence-corrected chi connectivity index (χ4v) is 3.82. The Morgan fingerprint density at radius 2 is 2.08 bits per heavy atom. The number of fused-ring (bicyclic) bond motifs is 1. The van der Waals surface area contributed by atoms with Gasteiger partial charge in [-0.15, -0.1) is 0 Å². The first-order valence-corrected chi connectivity index (χ1v) is 9.34. The zero-order chi connectivity index (χ0) is 18.2. The predicted octanol–water partition coefficient (Wildman–Crippen LogP) is 1.22. The van der Waals surface area contributed by atoms with Gasteiger partial charge in [0, 0.05) is 22.4 Å². The number of ether oxygens (including phenoxy) is 1. The standard InChI is InChI=1S/C17H17NO6S/c1-10-11(2)17(20)24-15-7-13(3-4-14(10)15)23-8-16(19)18-12-5-6-25(21,22)9-12/h3-7,12H,8-9H2,1-2H3,(H,18,19). The van der Waals surface area contributed by atoms with E-state index in [1.807, 2.05) is 6.92 Å². The molecule has 1 aromatic heterocycles. The summed E-state index contributed by atoms with van der Waals surface area (Å²) in [5.41, 5.74) is 1.37. The molecule has 1 N–H and O–H groups in total. The van der Waals surface area contributed by atoms with Crippen LogP contribution in [0.25, 0.3) is 11.0 Å². The molecule has 0 radical (unpaired) electrons. The second-order valence-corrected chi connectivity index (χ2v) is 7.85. The van der Waals surface area contributed by atoms with Crippen LogP contribution < -0.4 is 15.7 Å². The van der Waals surface area contributed by atoms with Gasteiger partial charge in [0.15, 0.2) is 16.4 Å². The van der Waals surface area contributed by atoms with Crippen LogP contribution >= 0.6 is 0 Å². The molecule has 0 bridgehead atoms. The second-order valence-electron chi connectivity index (χ2n) is 5.92. The smallest absolute Gasteiger partial charge is 0.339 e. The summed E-state index contributed by atoms with van der Waals surface area (Å²) in [4.78, 5) is 23.6. The molecule has 2 heterocycles. The normalized spacial score (nSPS) is 18.4. The lowest BCUT2D eigenvalue weighted by Gasteiger charge is -2.11. The highest BCUT2D eigenvalue weighted by Gasteiger charge is 2.23. The first-order chi connectivity index (χ1) is 11.7. The monoisotopic (exact) mass is 363 g/mol. The molecule has 0 spiro atoms. The summed E-state index contributed by atoms with van der Waals surface area (Å²) in [5, 5.41) is 4.46. The molecule has 1 aliphatic rings. The molecule has 0 saturated heterocycles. The average molecular weight is 363 g/mol. The summed E-state index contributed by atoms with van der Waals surface area (Å²) < 4.78 is 33.2. The van der Waals surface area contributed by atoms with Crippen molar-refractivity contribution < 1.29 is 22.4 Å². The van der Waals surface area contributed by atoms with Gasteiger partial charge in [-0.2, -0.15) is 0 Å². The maximum absolute atomic E-state index is 11.9. The molecular weight excluding hydrogens is 346 g/mol. The summed E-state index contributed by atoms with van der Waals surface area (Å²) in [6.07, 6.45) is 1.43. The third-order valence-electron chi connectivity index (χ3n) is 4.07. The van der Waals surface area contributed by atoms with E-state index < -0.39 is 27.4 Å². The molecule has 1 unspecified atom stereocenters. The van der Waals surface area contributed by atoms with Gasteiger partial charge in [-0.1, -0.05) is 0 Å². The van der Waals surface area contributed by atoms with E-state index in [9.17, 15) is 18.0 Å². The lowest BCUT2D eigenvalue weighted by atomic mass is 10.1. The van der Waals surface area contributed by atoms with Gasteiger partial charge >= 0.3 is 5.63 Å². The zero-order valence-electron chi connectivity index (χ0n) is 13.7. The summed E-state index contributed by atoms with van der Waals surface area (Å²) in [6, 6.07) is 4.46. The highest BCUT2D eigenvalue weighted by atomic mass is 32.2. The number of rotatable bonds is 4. The van der Waals surface area contributed by atoms with E-state index in [1.165, 1.54) is 6.08 Å². The van der Waals surface area contributed by atoms with Crippen LogP contribution in [-0.2, 0) is 14.6 Å². The van der Waals surface area contributed by atoms with Crippen molar-refractivity contribution in [1.82, 2.24) is 5.32 Å². The Balaban J connectivity index is 1.67. The Morgan fingerprint density at radius 1 is 1.32 bits per heavy atom. The lowest BCUT2D eigenvalue weighted by Crippen LogP contribution is -2.38. The van der Waals surface area contributed by atoms with E-state index in [0.29, 0.717) is 16.9 Å². The molecule has 1 aromatic carbocycles. The zero-order valence-corrected chi connectivity index (χ0v) is 14.6. The van der Waals surface area contributed by atoms with E-state index >= 15 is 0 Å². The van der Waals surface area contributed by atoms with Gasteiger partial charge in [-0.25, -0.2) is 13.2 Å². The molecule has 1 atom stereocenters. The van der Waals surface area contributed by atoms with E-state index in [1.54, 1.807) is 25.1 Å². The number of aryl methyl sites for hydroxylation is 1. The SMILES string of the molecule is Cc1c(C)c2ccc(OCC(=O)NC3C=CS(=O)(=O)C3)cc2oc1=O. The second kappa shape index (κ2) is 6.36. The predicted molar refractivity (Wildman–Crippen MR) is 92.3 cm³/mol. The van der Waals surface area contributed by atoms with Crippen LogP contribution in [0, 0.1) is 13.8 Å². The molecule has 1 aliphatic heterocycles. The molecule has 0 aliphatic carbocycles. The van der Waals surface area contributed by atoms with Gasteiger partial charge < -0.3 is 14.5 Å². The van der Waals surface area contributed by atoms with Crippen molar-refractivity contribution in [3.63, 3.8) is 0 Å². The topological polar surface area (TPSA) is 103 Å². The van der Waals surface area contributed by atoms with Crippen molar-refractivity contribution in [1.29, 1.82) is 0 Å². The van der Waals surface area contributed by atoms with E-state index in [0.717, 1.165) is 16.4 Å². The van der Waals surface area contributed by atoms with Crippen LogP contribution in [0.3, 0.4) is 0 Å². The average Bonchev–Trinajstić information content (AvgIpc) is 2.89. The minimum absolute atomic E-state index is 0.140. The third kappa shape index (κ3) is 3.74. The minimum atomic E-state index is -3.22. The summed E-state index contributed by atoms with van der Waals surface area (Å²) in [7, 11) is -3.22. The first-order valence-electron chi connectivity index (χ1n) is 7.62. The largest absolute Gasteiger partial charge is 0.484 e. The fourth-order valence-electron chi connectivity index (χ4n) is 2.58. The quantitative estimate of drug-likeness (QED) is 0.819. The number of nitrogens with one attached hydrogen (secondary N) is 1. The Labute approximate surface area is 144 Å². The van der Waals surface area contributed by atoms with Crippen molar-refractivity contribution >= 4 is 26.7 Å². The van der Waals surface area contributed by atoms with E-state index in [-0.39, 0.29) is 12.4 Å². The highest BCUT2D eigenvalue weighted by Crippen LogP contribution is 2.23. The number of amides is 1. The Hall–Kier alpha value is -2.61. The first kappa shape index (κ1) is 17.2. The Kier molecular flexibility index (Phi) is 4.38. The van der Waals surface area contributed by atoms with Gasteiger partial charge in [-0.05, 0) is 37.6 Å². The molecule has 8 heteroatoms. The molecule has 0 saturated carbocycles. The van der Waals surface area contributed by atoms with Crippen LogP contribution in [0.2, 0.25) is 0 Å². The molecule has 0 fully saturated rings. The van der Waals surface area contributed by atoms with Gasteiger partial charge in [0.2, 0.25) is 0 Å². The number of carbonyl (C=O) groups is 1. The molecular formula is C17H17NO6S. The fraction of sp³-hybridized carbons (Fsp3) is 0.294. The lowest BCUT2D eigenvalue weighted by molar-refractivity contribution is -0.123. The number of carbonyl (C=O) groups excluding carboxylic acids is 1. The summed E-state index contributed by atoms with van der Waals surface area (Å²) >= 11 is 0. The highest BCUT2D eigenvalue weighted by molar-refractivity contribution is 7.94. The van der Waals surface area contributed by atoms with Crippen molar-refractivity contribution in [2.45, 2.75) is 19.9 Å². The Bertz CT molecular complexity index is 1040. The van der Waals surface area contributed by atoms with Crippen molar-refractivity contribution in [2.75, 3.05) is 12.4 Å². The number of benzene rings is 1. The number of hydrogen-bond acceptors (Lipinski definition) is 6. The van der Waals surface area contributed by atoms with Gasteiger partial charge in [0.1, 0.15) is 11.3 Å². The van der Waals surface area contributed by atoms with Crippen molar-refractivity contribution in [3.8, 4) is 5.75 Å². The van der Waals surface area contributed by atoms with Crippen LogP contribution in [0.1, 0.15) is 11.1 Å². The summed E-state index contributed by atoms with van der Waals surface area (Å²) in [6.45, 7) is 3.27. The molecule has 25 heavy (non-hydrogen) atoms. The third-order valence-corrected chi connectivity index (χ3v) is 5.47. The molecule has 1 amide bonds. The molecule has 132 valence electrons. The number of hydrogen-bond donors (Lipinski definition) is 1. The molecule has 2 aromatic rings. The van der Waals surface area contributed by atoms with Crippen molar-refractivity contribution in [2.24, 2.45) is 0 Å².